The Bertz CT molecular complexity index is 572. The van der Waals surface area contributed by atoms with Crippen LogP contribution in [0.1, 0.15) is 5.56 Å². The molecule has 2 heteroatoms. The van der Waals surface area contributed by atoms with Crippen LogP contribution in [0.2, 0.25) is 0 Å². The van der Waals surface area contributed by atoms with Gasteiger partial charge in [0, 0.05) is 14.8 Å². The molecule has 0 radical (unpaired) electrons. The Kier molecular flexibility index (Phi) is 1.49. The van der Waals surface area contributed by atoms with Crippen LogP contribution >= 0.6 is 22.7 Å². The standard InChI is InChI=1S/C11H8S2/c1-7-6-13-9-3-2-8-4-5-12-11(8)10(7)9/h2-6H,1H3. The van der Waals surface area contributed by atoms with Crippen LogP contribution in [0, 0.1) is 6.92 Å². The van der Waals surface area contributed by atoms with E-state index in [1.807, 2.05) is 22.7 Å². The van der Waals surface area contributed by atoms with E-state index in [9.17, 15) is 0 Å². The zero-order chi connectivity index (χ0) is 8.84. The highest BCUT2D eigenvalue weighted by atomic mass is 32.1. The van der Waals surface area contributed by atoms with Gasteiger partial charge in [0.2, 0.25) is 0 Å². The molecule has 0 aliphatic rings. The summed E-state index contributed by atoms with van der Waals surface area (Å²) in [4.78, 5) is 0. The summed E-state index contributed by atoms with van der Waals surface area (Å²) in [5.74, 6) is 0. The van der Waals surface area contributed by atoms with Gasteiger partial charge in [-0.3, -0.25) is 0 Å². The third-order valence-corrected chi connectivity index (χ3v) is 4.35. The van der Waals surface area contributed by atoms with Gasteiger partial charge in [-0.1, -0.05) is 6.07 Å². The van der Waals surface area contributed by atoms with Crippen molar-refractivity contribution in [2.75, 3.05) is 0 Å². The number of benzene rings is 1. The van der Waals surface area contributed by atoms with Crippen molar-refractivity contribution < 1.29 is 0 Å². The summed E-state index contributed by atoms with van der Waals surface area (Å²) in [7, 11) is 0. The minimum absolute atomic E-state index is 1.37. The van der Waals surface area contributed by atoms with Crippen molar-refractivity contribution in [3.05, 3.63) is 34.5 Å². The topological polar surface area (TPSA) is 0 Å². The smallest absolute Gasteiger partial charge is 0.0432 e. The van der Waals surface area contributed by atoms with Crippen molar-refractivity contribution in [2.24, 2.45) is 0 Å². The zero-order valence-corrected chi connectivity index (χ0v) is 8.84. The van der Waals surface area contributed by atoms with Crippen LogP contribution in [0.4, 0.5) is 0 Å². The highest BCUT2D eigenvalue weighted by Gasteiger charge is 2.05. The molecule has 0 fully saturated rings. The molecular formula is C11H8S2. The summed E-state index contributed by atoms with van der Waals surface area (Å²) in [6.45, 7) is 2.19. The van der Waals surface area contributed by atoms with Crippen molar-refractivity contribution in [3.8, 4) is 0 Å². The van der Waals surface area contributed by atoms with Crippen LogP contribution in [0.25, 0.3) is 20.2 Å². The molecule has 64 valence electrons. The fraction of sp³-hybridized carbons (Fsp3) is 0.0909. The summed E-state index contributed by atoms with van der Waals surface area (Å²) >= 11 is 3.68. The quantitative estimate of drug-likeness (QED) is 0.508. The first-order valence-corrected chi connectivity index (χ1v) is 5.96. The van der Waals surface area contributed by atoms with Crippen molar-refractivity contribution in [1.29, 1.82) is 0 Å². The van der Waals surface area contributed by atoms with E-state index in [0.717, 1.165) is 0 Å². The van der Waals surface area contributed by atoms with E-state index in [0.29, 0.717) is 0 Å². The molecule has 0 aliphatic heterocycles. The van der Waals surface area contributed by atoms with Gasteiger partial charge in [-0.15, -0.1) is 22.7 Å². The molecule has 3 aromatic rings. The van der Waals surface area contributed by atoms with Gasteiger partial charge in [0.25, 0.3) is 0 Å². The molecule has 0 N–H and O–H groups in total. The summed E-state index contributed by atoms with van der Waals surface area (Å²) in [6.07, 6.45) is 0. The van der Waals surface area contributed by atoms with Crippen LogP contribution in [0.5, 0.6) is 0 Å². The largest absolute Gasteiger partial charge is 0.143 e. The molecule has 0 spiro atoms. The number of thiophene rings is 2. The van der Waals surface area contributed by atoms with E-state index >= 15 is 0 Å². The van der Waals surface area contributed by atoms with E-state index in [-0.39, 0.29) is 0 Å². The molecule has 0 aliphatic carbocycles. The molecular weight excluding hydrogens is 196 g/mol. The molecule has 3 rings (SSSR count). The lowest BCUT2D eigenvalue weighted by molar-refractivity contribution is 1.62. The van der Waals surface area contributed by atoms with Gasteiger partial charge >= 0.3 is 0 Å². The van der Waals surface area contributed by atoms with Crippen molar-refractivity contribution in [2.45, 2.75) is 6.92 Å². The lowest BCUT2D eigenvalue weighted by Crippen LogP contribution is -1.67. The summed E-state index contributed by atoms with van der Waals surface area (Å²) < 4.78 is 2.85. The molecule has 0 bridgehead atoms. The second kappa shape index (κ2) is 2.56. The minimum Gasteiger partial charge on any atom is -0.143 e. The molecule has 0 atom stereocenters. The first-order chi connectivity index (χ1) is 6.36. The predicted molar refractivity (Wildman–Crippen MR) is 61.9 cm³/mol. The molecule has 0 amide bonds. The highest BCUT2D eigenvalue weighted by Crippen LogP contribution is 2.35. The third-order valence-electron chi connectivity index (χ3n) is 2.34. The van der Waals surface area contributed by atoms with Crippen molar-refractivity contribution in [1.82, 2.24) is 0 Å². The second-order valence-corrected chi connectivity index (χ2v) is 5.02. The fourth-order valence-corrected chi connectivity index (χ4v) is 3.72. The number of hydrogen-bond donors (Lipinski definition) is 0. The molecule has 2 aromatic heterocycles. The van der Waals surface area contributed by atoms with Crippen LogP contribution in [-0.4, -0.2) is 0 Å². The van der Waals surface area contributed by atoms with Gasteiger partial charge in [-0.25, -0.2) is 0 Å². The first kappa shape index (κ1) is 7.54. The van der Waals surface area contributed by atoms with Gasteiger partial charge in [0.05, 0.1) is 0 Å². The number of fused-ring (bicyclic) bond motifs is 3. The average molecular weight is 204 g/mol. The van der Waals surface area contributed by atoms with E-state index in [2.05, 4.69) is 35.9 Å². The maximum absolute atomic E-state index is 2.24. The van der Waals surface area contributed by atoms with Crippen LogP contribution < -0.4 is 0 Å². The Morgan fingerprint density at radius 2 is 2.00 bits per heavy atom. The number of hydrogen-bond acceptors (Lipinski definition) is 2. The average Bonchev–Trinajstić information content (AvgIpc) is 2.70. The fourth-order valence-electron chi connectivity index (χ4n) is 1.70. The molecule has 0 unspecified atom stereocenters. The summed E-state index contributed by atoms with van der Waals surface area (Å²) in [5, 5.41) is 7.24. The molecule has 0 nitrogen and oxygen atoms in total. The predicted octanol–water partition coefficient (Wildman–Crippen LogP) is 4.42. The lowest BCUT2D eigenvalue weighted by Gasteiger charge is -1.93. The number of rotatable bonds is 0. The Balaban J connectivity index is 2.70. The maximum Gasteiger partial charge on any atom is 0.0432 e. The van der Waals surface area contributed by atoms with Crippen LogP contribution in [0.15, 0.2) is 29.0 Å². The number of aryl methyl sites for hydroxylation is 1. The van der Waals surface area contributed by atoms with Gasteiger partial charge in [0.1, 0.15) is 0 Å². The van der Waals surface area contributed by atoms with Gasteiger partial charge in [0.15, 0.2) is 0 Å². The molecule has 0 saturated heterocycles. The minimum atomic E-state index is 1.37. The van der Waals surface area contributed by atoms with Gasteiger partial charge in [-0.05, 0) is 40.8 Å². The normalized spacial score (nSPS) is 11.5. The molecule has 0 saturated carbocycles. The van der Waals surface area contributed by atoms with E-state index < -0.39 is 0 Å². The van der Waals surface area contributed by atoms with Crippen LogP contribution in [0.3, 0.4) is 0 Å². The van der Waals surface area contributed by atoms with E-state index in [4.69, 9.17) is 0 Å². The third kappa shape index (κ3) is 0.960. The highest BCUT2D eigenvalue weighted by molar-refractivity contribution is 7.21. The molecule has 1 aromatic carbocycles. The van der Waals surface area contributed by atoms with Gasteiger partial charge in [-0.2, -0.15) is 0 Å². The maximum atomic E-state index is 2.24. The summed E-state index contributed by atoms with van der Waals surface area (Å²) in [5.41, 5.74) is 1.41. The zero-order valence-electron chi connectivity index (χ0n) is 7.20. The Labute approximate surface area is 84.4 Å². The molecule has 2 heterocycles. The summed E-state index contributed by atoms with van der Waals surface area (Å²) in [6, 6.07) is 6.63. The Hall–Kier alpha value is -0.860. The lowest BCUT2D eigenvalue weighted by atomic mass is 10.1. The Morgan fingerprint density at radius 3 is 2.92 bits per heavy atom. The molecule has 13 heavy (non-hydrogen) atoms. The van der Waals surface area contributed by atoms with Gasteiger partial charge < -0.3 is 0 Å². The van der Waals surface area contributed by atoms with E-state index in [1.54, 1.807) is 0 Å². The van der Waals surface area contributed by atoms with Crippen LogP contribution in [-0.2, 0) is 0 Å². The Morgan fingerprint density at radius 1 is 1.08 bits per heavy atom. The SMILES string of the molecule is Cc1csc2ccc3ccsc3c12. The first-order valence-electron chi connectivity index (χ1n) is 4.20. The second-order valence-electron chi connectivity index (χ2n) is 3.20. The van der Waals surface area contributed by atoms with Crippen molar-refractivity contribution in [3.63, 3.8) is 0 Å². The monoisotopic (exact) mass is 204 g/mol. The van der Waals surface area contributed by atoms with E-state index in [1.165, 1.54) is 25.7 Å². The van der Waals surface area contributed by atoms with Crippen molar-refractivity contribution >= 4 is 42.8 Å².